The van der Waals surface area contributed by atoms with Gasteiger partial charge in [0.2, 0.25) is 0 Å². The number of nitrogens with one attached hydrogen (secondary N) is 1. The number of pyridine rings is 1. The van der Waals surface area contributed by atoms with E-state index >= 15 is 0 Å². The Morgan fingerprint density at radius 2 is 2.07 bits per heavy atom. The van der Waals surface area contributed by atoms with Crippen molar-refractivity contribution in [2.45, 2.75) is 26.2 Å². The van der Waals surface area contributed by atoms with Gasteiger partial charge in [-0.05, 0) is 75.0 Å². The molecule has 152 valence electrons. The highest BCUT2D eigenvalue weighted by atomic mass is 35.5. The molecule has 0 amide bonds. The van der Waals surface area contributed by atoms with Gasteiger partial charge in [0.1, 0.15) is 17.3 Å². The number of fused-ring (bicyclic) bond motifs is 1. The molecular weight excluding hydrogens is 388 g/mol. The fourth-order valence-corrected chi connectivity index (χ4v) is 3.73. The molecular formula is C21H25ClN6O. The molecule has 29 heavy (non-hydrogen) atoms. The first-order chi connectivity index (χ1) is 13.7. The number of hydrogen-bond acceptors (Lipinski definition) is 6. The van der Waals surface area contributed by atoms with Gasteiger partial charge < -0.3 is 10.1 Å². The lowest BCUT2D eigenvalue weighted by Gasteiger charge is -2.22. The molecule has 1 saturated heterocycles. The summed E-state index contributed by atoms with van der Waals surface area (Å²) in [5.74, 6) is 1.66. The van der Waals surface area contributed by atoms with E-state index in [9.17, 15) is 5.26 Å². The molecule has 0 unspecified atom stereocenters. The van der Waals surface area contributed by atoms with Gasteiger partial charge in [0.05, 0.1) is 17.8 Å². The summed E-state index contributed by atoms with van der Waals surface area (Å²) in [5.41, 5.74) is 4.36. The van der Waals surface area contributed by atoms with Gasteiger partial charge in [0.25, 0.3) is 0 Å². The maximum atomic E-state index is 9.41. The first-order valence-corrected chi connectivity index (χ1v) is 9.71. The summed E-state index contributed by atoms with van der Waals surface area (Å²) in [4.78, 5) is 4.47. The summed E-state index contributed by atoms with van der Waals surface area (Å²) < 4.78 is 7.69. The van der Waals surface area contributed by atoms with Crippen molar-refractivity contribution >= 4 is 23.4 Å². The zero-order valence-electron chi connectivity index (χ0n) is 16.7. The molecule has 0 atom stereocenters. The average molecular weight is 413 g/mol. The minimum absolute atomic E-state index is 0. The predicted molar refractivity (Wildman–Crippen MR) is 114 cm³/mol. The standard InChI is InChI=1S/C21H24N6O.ClH/c1-14-11-16(3-4-20(14)28-10-7-15-5-8-23-9-6-15)17-12-19-21(18(13-22)24-17)25-26-27(19)2;/h3-4,11-12,15,23H,5-10H2,1-2H3;1H. The Morgan fingerprint density at radius 1 is 1.28 bits per heavy atom. The Morgan fingerprint density at radius 3 is 2.79 bits per heavy atom. The Hall–Kier alpha value is -2.69. The SMILES string of the molecule is Cc1cc(-c2cc3c(nnn3C)c(C#N)n2)ccc1OCCC1CCNCC1.Cl. The second-order valence-electron chi connectivity index (χ2n) is 7.36. The van der Waals surface area contributed by atoms with Gasteiger partial charge in [-0.25, -0.2) is 9.67 Å². The number of aryl methyl sites for hydroxylation is 2. The van der Waals surface area contributed by atoms with Crippen molar-refractivity contribution in [2.75, 3.05) is 19.7 Å². The number of hydrogen-bond donors (Lipinski definition) is 1. The van der Waals surface area contributed by atoms with Crippen LogP contribution < -0.4 is 10.1 Å². The zero-order chi connectivity index (χ0) is 19.5. The molecule has 0 aliphatic carbocycles. The molecule has 4 rings (SSSR count). The third kappa shape index (κ3) is 4.50. The zero-order valence-corrected chi connectivity index (χ0v) is 17.5. The summed E-state index contributed by atoms with van der Waals surface area (Å²) in [6.45, 7) is 5.02. The number of benzene rings is 1. The van der Waals surface area contributed by atoms with Crippen LogP contribution in [0.25, 0.3) is 22.3 Å². The minimum Gasteiger partial charge on any atom is -0.493 e. The molecule has 0 radical (unpaired) electrons. The Kier molecular flexibility index (Phi) is 6.68. The number of rotatable bonds is 5. The van der Waals surface area contributed by atoms with Crippen LogP contribution in [0.2, 0.25) is 0 Å². The van der Waals surface area contributed by atoms with Crippen LogP contribution in [0.4, 0.5) is 0 Å². The van der Waals surface area contributed by atoms with Gasteiger partial charge in [-0.3, -0.25) is 0 Å². The fourth-order valence-electron chi connectivity index (χ4n) is 3.73. The largest absolute Gasteiger partial charge is 0.493 e. The molecule has 7 nitrogen and oxygen atoms in total. The van der Waals surface area contributed by atoms with Crippen molar-refractivity contribution in [3.8, 4) is 23.1 Å². The fraction of sp³-hybridized carbons (Fsp3) is 0.429. The van der Waals surface area contributed by atoms with E-state index in [1.165, 1.54) is 12.8 Å². The molecule has 0 bridgehead atoms. The van der Waals surface area contributed by atoms with E-state index in [4.69, 9.17) is 4.74 Å². The minimum atomic E-state index is 0. The van der Waals surface area contributed by atoms with Crippen LogP contribution in [0.3, 0.4) is 0 Å². The maximum Gasteiger partial charge on any atom is 0.170 e. The van der Waals surface area contributed by atoms with E-state index in [1.54, 1.807) is 4.68 Å². The van der Waals surface area contributed by atoms with Crippen molar-refractivity contribution in [1.82, 2.24) is 25.3 Å². The third-order valence-corrected chi connectivity index (χ3v) is 5.42. The molecule has 8 heteroatoms. The summed E-state index contributed by atoms with van der Waals surface area (Å²) in [5, 5.41) is 20.8. The smallest absolute Gasteiger partial charge is 0.170 e. The number of aromatic nitrogens is 4. The lowest BCUT2D eigenvalue weighted by molar-refractivity contribution is 0.251. The second kappa shape index (κ2) is 9.21. The Labute approximate surface area is 176 Å². The topological polar surface area (TPSA) is 88.7 Å². The summed E-state index contributed by atoms with van der Waals surface area (Å²) in [6, 6.07) is 10.1. The van der Waals surface area contributed by atoms with Crippen LogP contribution in [0.1, 0.15) is 30.5 Å². The lowest BCUT2D eigenvalue weighted by atomic mass is 9.95. The highest BCUT2D eigenvalue weighted by Crippen LogP contribution is 2.28. The van der Waals surface area contributed by atoms with Gasteiger partial charge in [0.15, 0.2) is 5.69 Å². The van der Waals surface area contributed by atoms with Crippen molar-refractivity contribution in [3.05, 3.63) is 35.5 Å². The van der Waals surface area contributed by atoms with E-state index in [0.717, 1.165) is 60.1 Å². The highest BCUT2D eigenvalue weighted by molar-refractivity contribution is 5.85. The molecule has 1 N–H and O–H groups in total. The monoisotopic (exact) mass is 412 g/mol. The maximum absolute atomic E-state index is 9.41. The van der Waals surface area contributed by atoms with Crippen LogP contribution >= 0.6 is 12.4 Å². The van der Waals surface area contributed by atoms with Gasteiger partial charge in [-0.1, -0.05) is 5.21 Å². The van der Waals surface area contributed by atoms with Crippen LogP contribution in [0.15, 0.2) is 24.3 Å². The summed E-state index contributed by atoms with van der Waals surface area (Å²) >= 11 is 0. The Balaban J connectivity index is 0.00000240. The lowest BCUT2D eigenvalue weighted by Crippen LogP contribution is -2.28. The number of nitrogens with zero attached hydrogens (tertiary/aromatic N) is 5. The molecule has 1 aromatic carbocycles. The molecule has 2 aromatic heterocycles. The molecule has 1 aliphatic rings. The quantitative estimate of drug-likeness (QED) is 0.690. The Bertz CT molecular complexity index is 1040. The first kappa shape index (κ1) is 21.0. The van der Waals surface area contributed by atoms with Crippen molar-refractivity contribution in [1.29, 1.82) is 5.26 Å². The molecule has 1 aliphatic heterocycles. The first-order valence-electron chi connectivity index (χ1n) is 9.71. The predicted octanol–water partition coefficient (Wildman–Crippen LogP) is 3.40. The number of halogens is 1. The molecule has 3 aromatic rings. The van der Waals surface area contributed by atoms with Gasteiger partial charge in [-0.2, -0.15) is 5.26 Å². The van der Waals surface area contributed by atoms with Crippen LogP contribution in [0, 0.1) is 24.2 Å². The summed E-state index contributed by atoms with van der Waals surface area (Å²) in [6.07, 6.45) is 3.57. The van der Waals surface area contributed by atoms with E-state index in [1.807, 2.05) is 32.2 Å². The van der Waals surface area contributed by atoms with Gasteiger partial charge >= 0.3 is 0 Å². The van der Waals surface area contributed by atoms with Gasteiger partial charge in [-0.15, -0.1) is 17.5 Å². The van der Waals surface area contributed by atoms with Gasteiger partial charge in [0, 0.05) is 12.6 Å². The van der Waals surface area contributed by atoms with E-state index in [-0.39, 0.29) is 12.4 Å². The average Bonchev–Trinajstić information content (AvgIpc) is 3.10. The molecule has 0 saturated carbocycles. The van der Waals surface area contributed by atoms with E-state index < -0.39 is 0 Å². The molecule has 3 heterocycles. The summed E-state index contributed by atoms with van der Waals surface area (Å²) in [7, 11) is 1.81. The molecule has 1 fully saturated rings. The number of piperidine rings is 1. The van der Waals surface area contributed by atoms with Crippen LogP contribution in [0.5, 0.6) is 5.75 Å². The molecule has 0 spiro atoms. The third-order valence-electron chi connectivity index (χ3n) is 5.42. The van der Waals surface area contributed by atoms with Crippen LogP contribution in [-0.4, -0.2) is 39.7 Å². The second-order valence-corrected chi connectivity index (χ2v) is 7.36. The van der Waals surface area contributed by atoms with Crippen molar-refractivity contribution < 1.29 is 4.74 Å². The van der Waals surface area contributed by atoms with E-state index in [0.29, 0.717) is 11.2 Å². The van der Waals surface area contributed by atoms with Crippen molar-refractivity contribution in [3.63, 3.8) is 0 Å². The van der Waals surface area contributed by atoms with Crippen molar-refractivity contribution in [2.24, 2.45) is 13.0 Å². The highest BCUT2D eigenvalue weighted by Gasteiger charge is 2.15. The number of ether oxygens (including phenoxy) is 1. The van der Waals surface area contributed by atoms with E-state index in [2.05, 4.69) is 32.7 Å². The normalized spacial score (nSPS) is 14.4. The van der Waals surface area contributed by atoms with Crippen LogP contribution in [-0.2, 0) is 7.05 Å². The number of nitriles is 1.